The van der Waals surface area contributed by atoms with E-state index < -0.39 is 0 Å². The van der Waals surface area contributed by atoms with Crippen molar-refractivity contribution in [3.05, 3.63) is 40.1 Å². The zero-order valence-corrected chi connectivity index (χ0v) is 21.3. The van der Waals surface area contributed by atoms with Gasteiger partial charge in [-0.2, -0.15) is 0 Å². The molecule has 3 fully saturated rings. The van der Waals surface area contributed by atoms with Gasteiger partial charge in [-0.3, -0.25) is 19.1 Å². The number of amides is 1. The van der Waals surface area contributed by atoms with Crippen molar-refractivity contribution >= 4 is 17.5 Å². The Morgan fingerprint density at radius 3 is 2.19 bits per heavy atom. The van der Waals surface area contributed by atoms with Crippen LogP contribution >= 0.6 is 0 Å². The van der Waals surface area contributed by atoms with E-state index in [1.807, 2.05) is 6.07 Å². The summed E-state index contributed by atoms with van der Waals surface area (Å²) in [6.07, 6.45) is 4.22. The van der Waals surface area contributed by atoms with Gasteiger partial charge in [-0.1, -0.05) is 0 Å². The van der Waals surface area contributed by atoms with Gasteiger partial charge in [0.15, 0.2) is 11.6 Å². The van der Waals surface area contributed by atoms with Gasteiger partial charge in [-0.15, -0.1) is 10.2 Å². The summed E-state index contributed by atoms with van der Waals surface area (Å²) in [5, 5.41) is 9.00. The van der Waals surface area contributed by atoms with Crippen molar-refractivity contribution < 1.29 is 9.53 Å². The van der Waals surface area contributed by atoms with E-state index in [1.165, 1.54) is 23.7 Å². The van der Waals surface area contributed by atoms with Crippen molar-refractivity contribution in [1.29, 1.82) is 0 Å². The molecule has 11 heteroatoms. The summed E-state index contributed by atoms with van der Waals surface area (Å²) in [5.41, 5.74) is 1.12. The van der Waals surface area contributed by atoms with Gasteiger partial charge in [0.2, 0.25) is 5.91 Å². The van der Waals surface area contributed by atoms with Gasteiger partial charge in [0.05, 0.1) is 12.4 Å². The lowest BCUT2D eigenvalue weighted by Gasteiger charge is -2.37. The van der Waals surface area contributed by atoms with Gasteiger partial charge in [0, 0.05) is 76.8 Å². The van der Waals surface area contributed by atoms with Gasteiger partial charge in [-0.25, -0.2) is 4.98 Å². The summed E-state index contributed by atoms with van der Waals surface area (Å²) in [6, 6.07) is 4.08. The van der Waals surface area contributed by atoms with Gasteiger partial charge < -0.3 is 19.4 Å². The SMILES string of the molecule is Cc1ncn(CC(=O)N2CCN(c3ccc(N4CCN(CC5CCCO5)CC4)nn3)CC2)c(=O)c1C. The van der Waals surface area contributed by atoms with Gasteiger partial charge in [0.1, 0.15) is 6.54 Å². The molecule has 2 aromatic heterocycles. The average Bonchev–Trinajstić information content (AvgIpc) is 3.43. The summed E-state index contributed by atoms with van der Waals surface area (Å²) in [4.78, 5) is 38.1. The standard InChI is InChI=1S/C25H36N8O3/c1-19-20(2)26-18-33(25(19)35)17-24(34)32-13-11-31(12-14-32)23-6-5-22(27-28-23)30-9-7-29(8-10-30)16-21-4-3-15-36-21/h5-6,18,21H,3-4,7-17H2,1-2H3. The summed E-state index contributed by atoms with van der Waals surface area (Å²) in [6.45, 7) is 12.0. The molecule has 5 rings (SSSR count). The molecule has 0 radical (unpaired) electrons. The third-order valence-corrected chi connectivity index (χ3v) is 7.60. The van der Waals surface area contributed by atoms with E-state index >= 15 is 0 Å². The van der Waals surface area contributed by atoms with Crippen LogP contribution in [0.15, 0.2) is 23.3 Å². The number of aromatic nitrogens is 4. The summed E-state index contributed by atoms with van der Waals surface area (Å²) < 4.78 is 7.17. The summed E-state index contributed by atoms with van der Waals surface area (Å²) >= 11 is 0. The lowest BCUT2D eigenvalue weighted by atomic mass is 10.2. The van der Waals surface area contributed by atoms with Crippen LogP contribution in [0.25, 0.3) is 0 Å². The molecular weight excluding hydrogens is 460 g/mol. The first-order valence-electron chi connectivity index (χ1n) is 13.0. The molecule has 194 valence electrons. The van der Waals surface area contributed by atoms with Crippen LogP contribution in [0.2, 0.25) is 0 Å². The van der Waals surface area contributed by atoms with Crippen molar-refractivity contribution in [3.63, 3.8) is 0 Å². The Bertz CT molecular complexity index is 1100. The maximum atomic E-state index is 12.8. The first kappa shape index (κ1) is 24.6. The van der Waals surface area contributed by atoms with E-state index in [2.05, 4.69) is 35.9 Å². The third kappa shape index (κ3) is 5.52. The molecule has 36 heavy (non-hydrogen) atoms. The largest absolute Gasteiger partial charge is 0.377 e. The molecule has 5 heterocycles. The van der Waals surface area contributed by atoms with E-state index in [1.54, 1.807) is 18.7 Å². The van der Waals surface area contributed by atoms with Crippen LogP contribution in [-0.2, 0) is 16.1 Å². The molecule has 0 saturated carbocycles. The molecule has 1 unspecified atom stereocenters. The Labute approximate surface area is 211 Å². The Hall–Kier alpha value is -3.05. The topological polar surface area (TPSA) is 99.9 Å². The van der Waals surface area contributed by atoms with Crippen LogP contribution in [0.3, 0.4) is 0 Å². The average molecular weight is 497 g/mol. The minimum absolute atomic E-state index is 0.0163. The van der Waals surface area contributed by atoms with Gasteiger partial charge in [0.25, 0.3) is 5.56 Å². The molecule has 3 aliphatic heterocycles. The Morgan fingerprint density at radius 1 is 0.972 bits per heavy atom. The maximum Gasteiger partial charge on any atom is 0.256 e. The first-order chi connectivity index (χ1) is 17.5. The van der Waals surface area contributed by atoms with Gasteiger partial charge in [-0.05, 0) is 38.8 Å². The molecule has 3 saturated heterocycles. The number of rotatable bonds is 6. The fourth-order valence-electron chi connectivity index (χ4n) is 5.11. The quantitative estimate of drug-likeness (QED) is 0.559. The zero-order chi connectivity index (χ0) is 25.1. The number of carbonyl (C=O) groups is 1. The molecule has 0 aromatic carbocycles. The van der Waals surface area contributed by atoms with Gasteiger partial charge >= 0.3 is 0 Å². The van der Waals surface area contributed by atoms with E-state index in [0.29, 0.717) is 43.5 Å². The highest BCUT2D eigenvalue weighted by Gasteiger charge is 2.25. The second-order valence-electron chi connectivity index (χ2n) is 9.93. The zero-order valence-electron chi connectivity index (χ0n) is 21.3. The van der Waals surface area contributed by atoms with Crippen LogP contribution < -0.4 is 15.4 Å². The molecule has 0 spiro atoms. The third-order valence-electron chi connectivity index (χ3n) is 7.60. The fraction of sp³-hybridized carbons (Fsp3) is 0.640. The fourth-order valence-corrected chi connectivity index (χ4v) is 5.11. The highest BCUT2D eigenvalue weighted by atomic mass is 16.5. The van der Waals surface area contributed by atoms with E-state index in [-0.39, 0.29) is 18.0 Å². The molecular formula is C25H36N8O3. The highest BCUT2D eigenvalue weighted by Crippen LogP contribution is 2.19. The van der Waals surface area contributed by atoms with E-state index in [9.17, 15) is 9.59 Å². The predicted octanol–water partition coefficient (Wildman–Crippen LogP) is 0.300. The monoisotopic (exact) mass is 496 g/mol. The highest BCUT2D eigenvalue weighted by molar-refractivity contribution is 5.76. The number of hydrogen-bond acceptors (Lipinski definition) is 9. The number of aryl methyl sites for hydroxylation is 1. The van der Waals surface area contributed by atoms with Crippen molar-refractivity contribution in [2.45, 2.75) is 39.3 Å². The molecule has 0 bridgehead atoms. The molecule has 0 N–H and O–H groups in total. The molecule has 3 aliphatic rings. The number of anilines is 2. The second-order valence-corrected chi connectivity index (χ2v) is 9.93. The van der Waals surface area contributed by atoms with Crippen molar-refractivity contribution in [3.8, 4) is 0 Å². The van der Waals surface area contributed by atoms with Crippen LogP contribution in [0.4, 0.5) is 11.6 Å². The number of ether oxygens (including phenoxy) is 1. The lowest BCUT2D eigenvalue weighted by Crippen LogP contribution is -2.50. The molecule has 0 aliphatic carbocycles. The Balaban J connectivity index is 1.09. The van der Waals surface area contributed by atoms with Crippen LogP contribution in [-0.4, -0.2) is 107 Å². The minimum Gasteiger partial charge on any atom is -0.377 e. The molecule has 1 amide bonds. The van der Waals surface area contributed by atoms with Crippen molar-refractivity contribution in [1.82, 2.24) is 29.5 Å². The minimum atomic E-state index is -0.158. The van der Waals surface area contributed by atoms with Crippen LogP contribution in [0.5, 0.6) is 0 Å². The van der Waals surface area contributed by atoms with Crippen LogP contribution in [0.1, 0.15) is 24.1 Å². The Morgan fingerprint density at radius 2 is 1.61 bits per heavy atom. The number of nitrogens with zero attached hydrogens (tertiary/aromatic N) is 8. The van der Waals surface area contributed by atoms with Crippen molar-refractivity contribution in [2.24, 2.45) is 0 Å². The normalized spacial score (nSPS) is 21.3. The second kappa shape index (κ2) is 10.9. The summed E-state index contributed by atoms with van der Waals surface area (Å²) in [5.74, 6) is 1.68. The predicted molar refractivity (Wildman–Crippen MR) is 136 cm³/mol. The lowest BCUT2D eigenvalue weighted by molar-refractivity contribution is -0.132. The Kier molecular flexibility index (Phi) is 7.47. The number of hydrogen-bond donors (Lipinski definition) is 0. The number of carbonyl (C=O) groups excluding carboxylic acids is 1. The maximum absolute atomic E-state index is 12.8. The summed E-state index contributed by atoms with van der Waals surface area (Å²) in [7, 11) is 0. The van der Waals surface area contributed by atoms with Crippen LogP contribution in [0, 0.1) is 13.8 Å². The molecule has 2 aromatic rings. The first-order valence-corrected chi connectivity index (χ1v) is 13.0. The number of piperazine rings is 2. The van der Waals surface area contributed by atoms with E-state index in [0.717, 1.165) is 51.0 Å². The molecule has 1 atom stereocenters. The van der Waals surface area contributed by atoms with E-state index in [4.69, 9.17) is 4.74 Å². The van der Waals surface area contributed by atoms with Crippen molar-refractivity contribution in [2.75, 3.05) is 75.3 Å². The molecule has 11 nitrogen and oxygen atoms in total. The smallest absolute Gasteiger partial charge is 0.256 e.